The molecule has 0 bridgehead atoms. The molecule has 0 radical (unpaired) electrons. The summed E-state index contributed by atoms with van der Waals surface area (Å²) in [5.41, 5.74) is 10.2. The van der Waals surface area contributed by atoms with Crippen LogP contribution in [0.4, 0.5) is 11.6 Å². The van der Waals surface area contributed by atoms with Gasteiger partial charge in [-0.1, -0.05) is 73.5 Å². The molecule has 0 aliphatic carbocycles. The quantitative estimate of drug-likeness (QED) is 0.112. The second-order valence-corrected chi connectivity index (χ2v) is 17.4. The molecule has 0 saturated carbocycles. The monoisotopic (exact) mass is 920 g/mol. The molecule has 2 unspecified atom stereocenters. The first-order valence-corrected chi connectivity index (χ1v) is 23.2. The Kier molecular flexibility index (Phi) is 14.6. The van der Waals surface area contributed by atoms with Gasteiger partial charge in [-0.15, -0.1) is 0 Å². The number of fused-ring (bicyclic) bond motifs is 2. The van der Waals surface area contributed by atoms with E-state index < -0.39 is 6.10 Å². The molecule has 354 valence electrons. The number of amides is 2. The summed E-state index contributed by atoms with van der Waals surface area (Å²) in [4.78, 5) is 38.7. The maximum absolute atomic E-state index is 12.9. The second-order valence-electron chi connectivity index (χ2n) is 17.4. The van der Waals surface area contributed by atoms with Crippen molar-refractivity contribution in [3.63, 3.8) is 0 Å². The zero-order valence-corrected chi connectivity index (χ0v) is 39.4. The number of aliphatic hydroxyl groups is 2. The highest BCUT2D eigenvalue weighted by atomic mass is 16.3. The number of hydrogen-bond acceptors (Lipinski definition) is 12. The van der Waals surface area contributed by atoms with Gasteiger partial charge in [-0.05, 0) is 50.5 Å². The van der Waals surface area contributed by atoms with Crippen LogP contribution in [-0.2, 0) is 29.7 Å². The van der Waals surface area contributed by atoms with E-state index in [0.717, 1.165) is 61.6 Å². The number of nitrogens with one attached hydrogen (secondary N) is 2. The van der Waals surface area contributed by atoms with Crippen molar-refractivity contribution in [2.24, 2.45) is 18.9 Å². The Hall–Kier alpha value is -7.44. The number of aliphatic hydroxyl groups excluding tert-OH is 2. The highest BCUT2D eigenvalue weighted by molar-refractivity contribution is 5.85. The van der Waals surface area contributed by atoms with Gasteiger partial charge in [0.2, 0.25) is 11.8 Å². The molecule has 2 saturated heterocycles. The first-order valence-electron chi connectivity index (χ1n) is 23.2. The number of anilines is 2. The van der Waals surface area contributed by atoms with Crippen molar-refractivity contribution in [2.45, 2.75) is 66.3 Å². The average Bonchev–Trinajstić information content (AvgIpc) is 4.13. The van der Waals surface area contributed by atoms with Crippen LogP contribution in [-0.4, -0.2) is 110 Å². The first-order chi connectivity index (χ1) is 33.0. The highest BCUT2D eigenvalue weighted by Gasteiger charge is 2.36. The van der Waals surface area contributed by atoms with Crippen LogP contribution in [0.3, 0.4) is 0 Å². The van der Waals surface area contributed by atoms with E-state index in [1.807, 2.05) is 113 Å². The van der Waals surface area contributed by atoms with E-state index in [1.165, 1.54) is 18.2 Å². The van der Waals surface area contributed by atoms with E-state index in [-0.39, 0.29) is 36.3 Å². The van der Waals surface area contributed by atoms with Gasteiger partial charge in [-0.25, -0.2) is 19.0 Å². The van der Waals surface area contributed by atoms with Crippen molar-refractivity contribution in [3.8, 4) is 22.3 Å². The van der Waals surface area contributed by atoms with Gasteiger partial charge in [0.05, 0.1) is 42.9 Å². The molecule has 4 N–H and O–H groups in total. The van der Waals surface area contributed by atoms with Gasteiger partial charge in [0.25, 0.3) is 0 Å². The number of carbonyl (C=O) groups excluding carboxylic acids is 2. The number of aryl methyl sites for hydroxylation is 3. The second kappa shape index (κ2) is 21.0. The molecule has 0 spiro atoms. The average molecular weight is 921 g/mol. The predicted molar refractivity (Wildman–Crippen MR) is 261 cm³/mol. The lowest BCUT2D eigenvalue weighted by Gasteiger charge is -2.39. The number of benzene rings is 2. The zero-order chi connectivity index (χ0) is 47.9. The normalized spacial score (nSPS) is 14.6. The third-order valence-electron chi connectivity index (χ3n) is 12.1. The van der Waals surface area contributed by atoms with Crippen molar-refractivity contribution in [1.29, 1.82) is 0 Å². The number of aromatic nitrogens is 10. The SMILES string of the molecule is CC.Cc1ccc(C(CCO)NC(=O)C2CN(c3ncnn4cc(-c5cnn(C)c5)cc34)C2)cc1.Cc1ccc(CNC(=O)C2CN(c3ncnn4cc(-c5cnn(CC(C)O)c5)cc34)C2)cc1. The Morgan fingerprint density at radius 2 is 1.24 bits per heavy atom. The minimum Gasteiger partial charge on any atom is -0.396 e. The van der Waals surface area contributed by atoms with Crippen molar-refractivity contribution < 1.29 is 19.8 Å². The molecule has 18 heteroatoms. The molecular weight excluding hydrogens is 861 g/mol. The minimum atomic E-state index is -0.461. The molecule has 2 aromatic carbocycles. The maximum atomic E-state index is 12.9. The van der Waals surface area contributed by atoms with Gasteiger partial charge >= 0.3 is 0 Å². The third-order valence-corrected chi connectivity index (χ3v) is 12.1. The molecule has 2 aliphatic heterocycles. The molecule has 2 aliphatic rings. The Morgan fingerprint density at radius 1 is 0.706 bits per heavy atom. The molecule has 10 rings (SSSR count). The first kappa shape index (κ1) is 47.1. The van der Waals surface area contributed by atoms with E-state index >= 15 is 0 Å². The molecule has 8 heterocycles. The van der Waals surface area contributed by atoms with E-state index in [0.29, 0.717) is 45.7 Å². The van der Waals surface area contributed by atoms with Gasteiger partial charge in [0, 0.05) is 93.4 Å². The Bertz CT molecular complexity index is 2940. The number of carbonyl (C=O) groups is 2. The Morgan fingerprint density at radius 3 is 1.76 bits per heavy atom. The summed E-state index contributed by atoms with van der Waals surface area (Å²) in [7, 11) is 1.89. The molecule has 8 aromatic rings. The molecule has 6 aromatic heterocycles. The fraction of sp³-hybridized carbons (Fsp3) is 0.360. The summed E-state index contributed by atoms with van der Waals surface area (Å²) < 4.78 is 7.11. The van der Waals surface area contributed by atoms with Gasteiger partial charge in [-0.3, -0.25) is 19.0 Å². The lowest BCUT2D eigenvalue weighted by Crippen LogP contribution is -2.54. The lowest BCUT2D eigenvalue weighted by molar-refractivity contribution is -0.127. The summed E-state index contributed by atoms with van der Waals surface area (Å²) in [6.45, 7) is 13.2. The van der Waals surface area contributed by atoms with Crippen LogP contribution in [0.5, 0.6) is 0 Å². The summed E-state index contributed by atoms with van der Waals surface area (Å²) in [6, 6.07) is 20.1. The van der Waals surface area contributed by atoms with Crippen LogP contribution in [0.2, 0.25) is 0 Å². The van der Waals surface area contributed by atoms with Crippen LogP contribution < -0.4 is 20.4 Å². The summed E-state index contributed by atoms with van der Waals surface area (Å²) in [6.07, 6.45) is 14.5. The lowest BCUT2D eigenvalue weighted by atomic mass is 9.96. The van der Waals surface area contributed by atoms with Gasteiger partial charge in [-0.2, -0.15) is 20.4 Å². The van der Waals surface area contributed by atoms with Crippen molar-refractivity contribution in [2.75, 3.05) is 42.6 Å². The van der Waals surface area contributed by atoms with Crippen molar-refractivity contribution in [1.82, 2.24) is 59.4 Å². The molecule has 68 heavy (non-hydrogen) atoms. The highest BCUT2D eigenvalue weighted by Crippen LogP contribution is 2.32. The number of nitrogens with zero attached hydrogens (tertiary/aromatic N) is 12. The summed E-state index contributed by atoms with van der Waals surface area (Å²) in [5, 5.41) is 42.4. The summed E-state index contributed by atoms with van der Waals surface area (Å²) in [5.74, 6) is 1.52. The van der Waals surface area contributed by atoms with Crippen molar-refractivity contribution >= 4 is 34.5 Å². The third kappa shape index (κ3) is 10.7. The minimum absolute atomic E-state index is 0.00165. The molecule has 2 atom stereocenters. The van der Waals surface area contributed by atoms with E-state index in [2.05, 4.69) is 69.0 Å². The maximum Gasteiger partial charge on any atom is 0.227 e. The van der Waals surface area contributed by atoms with Crippen LogP contribution in [0, 0.1) is 25.7 Å². The van der Waals surface area contributed by atoms with Crippen molar-refractivity contribution in [3.05, 3.63) is 133 Å². The van der Waals surface area contributed by atoms with E-state index in [9.17, 15) is 19.8 Å². The molecule has 2 fully saturated rings. The smallest absolute Gasteiger partial charge is 0.227 e. The fourth-order valence-corrected chi connectivity index (χ4v) is 8.30. The van der Waals surface area contributed by atoms with Gasteiger partial charge < -0.3 is 30.6 Å². The van der Waals surface area contributed by atoms with Gasteiger partial charge in [0.15, 0.2) is 11.6 Å². The molecular formula is C50H60N14O4. The van der Waals surface area contributed by atoms with Crippen LogP contribution in [0.1, 0.15) is 55.5 Å². The van der Waals surface area contributed by atoms with Crippen LogP contribution in [0.15, 0.2) is 110 Å². The molecule has 2 amide bonds. The molecule has 18 nitrogen and oxygen atoms in total. The van der Waals surface area contributed by atoms with E-state index in [4.69, 9.17) is 0 Å². The topological polar surface area (TPSA) is 201 Å². The Labute approximate surface area is 395 Å². The number of rotatable bonds is 14. The largest absolute Gasteiger partial charge is 0.396 e. The van der Waals surface area contributed by atoms with E-state index in [1.54, 1.807) is 27.0 Å². The Balaban J connectivity index is 0.000000177. The van der Waals surface area contributed by atoms with Crippen LogP contribution in [0.25, 0.3) is 33.3 Å². The van der Waals surface area contributed by atoms with Crippen LogP contribution >= 0.6 is 0 Å². The fourth-order valence-electron chi connectivity index (χ4n) is 8.30. The standard InChI is InChI=1S/2C24H27N7O2.C2H6/c1-16-3-5-18(6-4-16)8-25-24(33)21-11-29(12-21)23-22-7-19(14-31(22)28-15-26-23)20-9-27-30(13-20)10-17(2)32;1-16-3-5-17(6-4-16)21(7-8-32)28-24(33)20-12-30(13-20)23-22-9-18(14-31(22)27-15-25-23)19-10-26-29(2)11-19;1-2/h3-7,9,13-15,17,21,32H,8,10-12H2,1-2H3,(H,25,33);3-6,9-11,14-15,20-21,32H,7-8,12-13H2,1-2H3,(H,28,33);1-2H3. The predicted octanol–water partition coefficient (Wildman–Crippen LogP) is 5.18. The number of hydrogen-bond donors (Lipinski definition) is 4. The van der Waals surface area contributed by atoms with Gasteiger partial charge in [0.1, 0.15) is 23.7 Å². The zero-order valence-electron chi connectivity index (χ0n) is 39.4. The summed E-state index contributed by atoms with van der Waals surface area (Å²) >= 11 is 0.